The quantitative estimate of drug-likeness (QED) is 0.908. The van der Waals surface area contributed by atoms with E-state index in [0.29, 0.717) is 16.6 Å². The van der Waals surface area contributed by atoms with Gasteiger partial charge in [0.2, 0.25) is 0 Å². The topological polar surface area (TPSA) is 71.2 Å². The number of anilines is 1. The standard InChI is InChI=1S/C11H14N4O2S/c1-7-9(10(16)17)13-11(18-7)15(3)6-8-12-4-5-14(8)2/h4-5H,6H2,1-3H3,(H,16,17). The van der Waals surface area contributed by atoms with Crippen molar-refractivity contribution in [3.05, 3.63) is 28.8 Å². The van der Waals surface area contributed by atoms with Crippen molar-refractivity contribution in [2.24, 2.45) is 7.05 Å². The van der Waals surface area contributed by atoms with Gasteiger partial charge in [-0.2, -0.15) is 0 Å². The largest absolute Gasteiger partial charge is 0.476 e. The molecule has 2 heterocycles. The summed E-state index contributed by atoms with van der Waals surface area (Å²) in [5.41, 5.74) is 0.127. The summed E-state index contributed by atoms with van der Waals surface area (Å²) in [4.78, 5) is 21.9. The number of aryl methyl sites for hydroxylation is 2. The highest BCUT2D eigenvalue weighted by Gasteiger charge is 2.17. The second-order valence-corrected chi connectivity index (χ2v) is 5.20. The minimum atomic E-state index is -0.986. The third kappa shape index (κ3) is 2.35. The summed E-state index contributed by atoms with van der Waals surface area (Å²) in [7, 11) is 3.80. The molecule has 2 aromatic heterocycles. The van der Waals surface area contributed by atoms with Crippen LogP contribution in [0.15, 0.2) is 12.4 Å². The maximum Gasteiger partial charge on any atom is 0.355 e. The summed E-state index contributed by atoms with van der Waals surface area (Å²) in [6, 6.07) is 0. The Morgan fingerprint density at radius 3 is 2.83 bits per heavy atom. The van der Waals surface area contributed by atoms with Gasteiger partial charge in [-0.3, -0.25) is 0 Å². The van der Waals surface area contributed by atoms with Gasteiger partial charge < -0.3 is 14.6 Å². The van der Waals surface area contributed by atoms with Crippen LogP contribution in [0, 0.1) is 6.92 Å². The Hall–Kier alpha value is -1.89. The lowest BCUT2D eigenvalue weighted by Gasteiger charge is -2.14. The normalized spacial score (nSPS) is 10.6. The number of carboxylic acid groups (broad SMARTS) is 1. The molecule has 0 aliphatic rings. The van der Waals surface area contributed by atoms with Crippen molar-refractivity contribution < 1.29 is 9.90 Å². The highest BCUT2D eigenvalue weighted by molar-refractivity contribution is 7.15. The Kier molecular flexibility index (Phi) is 3.33. The number of hydrogen-bond donors (Lipinski definition) is 1. The molecule has 0 unspecified atom stereocenters. The molecule has 0 saturated carbocycles. The highest BCUT2D eigenvalue weighted by Crippen LogP contribution is 2.25. The van der Waals surface area contributed by atoms with Crippen LogP contribution in [0.25, 0.3) is 0 Å². The summed E-state index contributed by atoms with van der Waals surface area (Å²) < 4.78 is 1.93. The molecule has 6 nitrogen and oxygen atoms in total. The summed E-state index contributed by atoms with van der Waals surface area (Å²) in [6.07, 6.45) is 3.61. The van der Waals surface area contributed by atoms with E-state index < -0.39 is 5.97 Å². The molecule has 0 aliphatic carbocycles. The van der Waals surface area contributed by atoms with Gasteiger partial charge in [0.25, 0.3) is 0 Å². The zero-order chi connectivity index (χ0) is 13.3. The van der Waals surface area contributed by atoms with Gasteiger partial charge in [0.1, 0.15) is 5.82 Å². The zero-order valence-corrected chi connectivity index (χ0v) is 11.2. The first-order valence-corrected chi connectivity index (χ1v) is 6.18. The third-order valence-corrected chi connectivity index (χ3v) is 3.70. The predicted octanol–water partition coefficient (Wildman–Crippen LogP) is 1.52. The molecule has 0 fully saturated rings. The lowest BCUT2D eigenvalue weighted by Crippen LogP contribution is -2.19. The van der Waals surface area contributed by atoms with Crippen LogP contribution in [-0.2, 0) is 13.6 Å². The van der Waals surface area contributed by atoms with E-state index in [-0.39, 0.29) is 5.69 Å². The zero-order valence-electron chi connectivity index (χ0n) is 10.4. The first kappa shape index (κ1) is 12.6. The average Bonchev–Trinajstić information content (AvgIpc) is 2.86. The number of carbonyl (C=O) groups is 1. The van der Waals surface area contributed by atoms with Gasteiger partial charge in [-0.25, -0.2) is 14.8 Å². The molecule has 1 N–H and O–H groups in total. The molecule has 2 rings (SSSR count). The van der Waals surface area contributed by atoms with Crippen LogP contribution in [0.3, 0.4) is 0 Å². The molecule has 0 aliphatic heterocycles. The fourth-order valence-electron chi connectivity index (χ4n) is 1.57. The molecule has 0 aromatic carbocycles. The van der Waals surface area contributed by atoms with E-state index in [4.69, 9.17) is 5.11 Å². The molecule has 0 bridgehead atoms. The molecule has 2 aromatic rings. The molecule has 7 heteroatoms. The van der Waals surface area contributed by atoms with Crippen molar-refractivity contribution in [2.75, 3.05) is 11.9 Å². The molecule has 0 radical (unpaired) electrons. The Morgan fingerprint density at radius 1 is 1.61 bits per heavy atom. The van der Waals surface area contributed by atoms with Gasteiger partial charge in [-0.15, -0.1) is 11.3 Å². The van der Waals surface area contributed by atoms with Crippen LogP contribution in [-0.4, -0.2) is 32.7 Å². The van der Waals surface area contributed by atoms with E-state index in [9.17, 15) is 4.79 Å². The van der Waals surface area contributed by atoms with Crippen molar-refractivity contribution in [1.82, 2.24) is 14.5 Å². The van der Waals surface area contributed by atoms with Gasteiger partial charge in [-0.05, 0) is 6.92 Å². The molecular formula is C11H14N4O2S. The monoisotopic (exact) mass is 266 g/mol. The Bertz CT molecular complexity index is 575. The van der Waals surface area contributed by atoms with Crippen molar-refractivity contribution in [3.63, 3.8) is 0 Å². The van der Waals surface area contributed by atoms with E-state index in [1.807, 2.05) is 29.8 Å². The van der Waals surface area contributed by atoms with E-state index in [2.05, 4.69) is 9.97 Å². The fraction of sp³-hybridized carbons (Fsp3) is 0.364. The molecule has 0 spiro atoms. The summed E-state index contributed by atoms with van der Waals surface area (Å²) in [6.45, 7) is 2.36. The highest BCUT2D eigenvalue weighted by atomic mass is 32.1. The minimum Gasteiger partial charge on any atom is -0.476 e. The van der Waals surface area contributed by atoms with E-state index in [0.717, 1.165) is 5.82 Å². The molecule has 0 atom stereocenters. The molecule has 96 valence electrons. The van der Waals surface area contributed by atoms with Crippen LogP contribution >= 0.6 is 11.3 Å². The van der Waals surface area contributed by atoms with Crippen LogP contribution in [0.5, 0.6) is 0 Å². The average molecular weight is 266 g/mol. The van der Waals surface area contributed by atoms with Crippen LogP contribution in [0.1, 0.15) is 21.2 Å². The molecule has 18 heavy (non-hydrogen) atoms. The van der Waals surface area contributed by atoms with Crippen molar-refractivity contribution in [3.8, 4) is 0 Å². The smallest absolute Gasteiger partial charge is 0.355 e. The number of imidazole rings is 1. The Balaban J connectivity index is 2.19. The Morgan fingerprint density at radius 2 is 2.33 bits per heavy atom. The number of aromatic nitrogens is 3. The van der Waals surface area contributed by atoms with E-state index in [1.54, 1.807) is 13.1 Å². The number of aromatic carboxylic acids is 1. The number of rotatable bonds is 4. The third-order valence-electron chi connectivity index (χ3n) is 2.61. The summed E-state index contributed by atoms with van der Waals surface area (Å²) in [5.74, 6) is -0.0809. The summed E-state index contributed by atoms with van der Waals surface area (Å²) >= 11 is 1.38. The molecule has 0 amide bonds. The number of carboxylic acids is 1. The van der Waals surface area contributed by atoms with Gasteiger partial charge in [0, 0.05) is 31.4 Å². The second-order valence-electron chi connectivity index (χ2n) is 4.02. The first-order chi connectivity index (χ1) is 8.49. The van der Waals surface area contributed by atoms with Crippen LogP contribution in [0.4, 0.5) is 5.13 Å². The number of thiazole rings is 1. The van der Waals surface area contributed by atoms with Gasteiger partial charge in [0.15, 0.2) is 10.8 Å². The lowest BCUT2D eigenvalue weighted by molar-refractivity contribution is 0.0690. The fourth-order valence-corrected chi connectivity index (χ4v) is 2.43. The van der Waals surface area contributed by atoms with Crippen molar-refractivity contribution in [2.45, 2.75) is 13.5 Å². The molecular weight excluding hydrogens is 252 g/mol. The van der Waals surface area contributed by atoms with Crippen molar-refractivity contribution >= 4 is 22.4 Å². The van der Waals surface area contributed by atoms with Gasteiger partial charge >= 0.3 is 5.97 Å². The predicted molar refractivity (Wildman–Crippen MR) is 69.1 cm³/mol. The van der Waals surface area contributed by atoms with E-state index >= 15 is 0 Å². The summed E-state index contributed by atoms with van der Waals surface area (Å²) in [5, 5.41) is 9.66. The second kappa shape index (κ2) is 4.77. The first-order valence-electron chi connectivity index (χ1n) is 5.37. The maximum atomic E-state index is 10.9. The van der Waals surface area contributed by atoms with Crippen LogP contribution < -0.4 is 4.90 Å². The van der Waals surface area contributed by atoms with Gasteiger partial charge in [-0.1, -0.05) is 0 Å². The number of hydrogen-bond acceptors (Lipinski definition) is 5. The van der Waals surface area contributed by atoms with Gasteiger partial charge in [0.05, 0.1) is 6.54 Å². The SMILES string of the molecule is Cc1sc(N(C)Cc2nccn2C)nc1C(=O)O. The number of nitrogens with zero attached hydrogens (tertiary/aromatic N) is 4. The van der Waals surface area contributed by atoms with Crippen molar-refractivity contribution in [1.29, 1.82) is 0 Å². The maximum absolute atomic E-state index is 10.9. The van der Waals surface area contributed by atoms with E-state index in [1.165, 1.54) is 11.3 Å². The lowest BCUT2D eigenvalue weighted by atomic mass is 10.4. The minimum absolute atomic E-state index is 0.127. The van der Waals surface area contributed by atoms with Crippen LogP contribution in [0.2, 0.25) is 0 Å². The molecule has 0 saturated heterocycles. The Labute approximate surface area is 109 Å².